The highest BCUT2D eigenvalue weighted by Gasteiger charge is 2.34. The summed E-state index contributed by atoms with van der Waals surface area (Å²) in [6.07, 6.45) is -4.44. The average Bonchev–Trinajstić information content (AvgIpc) is 2.15. The molecule has 1 aromatic carbocycles. The molecule has 0 aliphatic carbocycles. The molecule has 0 saturated heterocycles. The van der Waals surface area contributed by atoms with E-state index in [0.717, 1.165) is 11.0 Å². The zero-order chi connectivity index (χ0) is 11.6. The molecule has 1 aromatic rings. The van der Waals surface area contributed by atoms with E-state index in [1.54, 1.807) is 0 Å². The second kappa shape index (κ2) is 3.92. The SMILES string of the molecule is CC(=O)N(C)c1ccccc1C(F)(F)F. The molecule has 0 bridgehead atoms. The number of carbonyl (C=O) groups excluding carboxylic acids is 1. The van der Waals surface area contributed by atoms with Gasteiger partial charge in [0.1, 0.15) is 0 Å². The van der Waals surface area contributed by atoms with Crippen molar-refractivity contribution >= 4 is 11.6 Å². The highest BCUT2D eigenvalue weighted by molar-refractivity contribution is 5.91. The lowest BCUT2D eigenvalue weighted by atomic mass is 10.1. The largest absolute Gasteiger partial charge is 0.418 e. The molecular weight excluding hydrogens is 207 g/mol. The van der Waals surface area contributed by atoms with E-state index in [9.17, 15) is 18.0 Å². The molecule has 0 N–H and O–H groups in total. The van der Waals surface area contributed by atoms with E-state index in [-0.39, 0.29) is 5.69 Å². The summed E-state index contributed by atoms with van der Waals surface area (Å²) >= 11 is 0. The van der Waals surface area contributed by atoms with E-state index in [2.05, 4.69) is 0 Å². The predicted octanol–water partition coefficient (Wildman–Crippen LogP) is 2.69. The molecule has 0 aromatic heterocycles. The molecule has 0 aliphatic heterocycles. The quantitative estimate of drug-likeness (QED) is 0.708. The van der Waals surface area contributed by atoms with Crippen LogP contribution < -0.4 is 4.90 Å². The number of carbonyl (C=O) groups is 1. The highest BCUT2D eigenvalue weighted by atomic mass is 19.4. The van der Waals surface area contributed by atoms with E-state index in [0.29, 0.717) is 0 Å². The van der Waals surface area contributed by atoms with Crippen LogP contribution in [0.1, 0.15) is 12.5 Å². The molecule has 0 heterocycles. The summed E-state index contributed by atoms with van der Waals surface area (Å²) in [5, 5.41) is 0. The molecule has 0 unspecified atom stereocenters. The Balaban J connectivity index is 3.24. The standard InChI is InChI=1S/C10H10F3NO/c1-7(15)14(2)9-6-4-3-5-8(9)10(11,12)13/h3-6H,1-2H3. The van der Waals surface area contributed by atoms with E-state index in [1.165, 1.54) is 32.2 Å². The fourth-order valence-electron chi connectivity index (χ4n) is 1.18. The Labute approximate surface area is 85.3 Å². The van der Waals surface area contributed by atoms with Gasteiger partial charge in [-0.3, -0.25) is 4.79 Å². The molecule has 0 spiro atoms. The second-order valence-corrected chi connectivity index (χ2v) is 3.09. The highest BCUT2D eigenvalue weighted by Crippen LogP contribution is 2.35. The first-order chi connectivity index (χ1) is 6.84. The first kappa shape index (κ1) is 11.6. The maximum absolute atomic E-state index is 12.5. The molecule has 1 amide bonds. The Kier molecular flexibility index (Phi) is 3.02. The van der Waals surface area contributed by atoms with Crippen LogP contribution in [-0.2, 0) is 11.0 Å². The third-order valence-corrected chi connectivity index (χ3v) is 2.04. The molecule has 0 radical (unpaired) electrons. The predicted molar refractivity (Wildman–Crippen MR) is 50.5 cm³/mol. The minimum absolute atomic E-state index is 0.127. The molecule has 0 fully saturated rings. The topological polar surface area (TPSA) is 20.3 Å². The summed E-state index contributed by atoms with van der Waals surface area (Å²) < 4.78 is 37.6. The molecule has 82 valence electrons. The lowest BCUT2D eigenvalue weighted by molar-refractivity contribution is -0.137. The molecule has 0 atom stereocenters. The van der Waals surface area contributed by atoms with E-state index >= 15 is 0 Å². The van der Waals surface area contributed by atoms with Crippen molar-refractivity contribution in [2.24, 2.45) is 0 Å². The van der Waals surface area contributed by atoms with Crippen LogP contribution in [0.4, 0.5) is 18.9 Å². The number of amides is 1. The van der Waals surface area contributed by atoms with Crippen molar-refractivity contribution in [1.29, 1.82) is 0 Å². The van der Waals surface area contributed by atoms with E-state index in [1.807, 2.05) is 0 Å². The van der Waals surface area contributed by atoms with Crippen molar-refractivity contribution in [1.82, 2.24) is 0 Å². The normalized spacial score (nSPS) is 11.3. The number of nitrogens with zero attached hydrogens (tertiary/aromatic N) is 1. The lowest BCUT2D eigenvalue weighted by Crippen LogP contribution is -2.25. The lowest BCUT2D eigenvalue weighted by Gasteiger charge is -2.20. The number of alkyl halides is 3. The van der Waals surface area contributed by atoms with Crippen LogP contribution in [0, 0.1) is 0 Å². The number of anilines is 1. The van der Waals surface area contributed by atoms with Crippen LogP contribution in [0.25, 0.3) is 0 Å². The Bertz CT molecular complexity index is 373. The van der Waals surface area contributed by atoms with Crippen LogP contribution in [0.5, 0.6) is 0 Å². The second-order valence-electron chi connectivity index (χ2n) is 3.09. The van der Waals surface area contributed by atoms with Gasteiger partial charge in [-0.05, 0) is 12.1 Å². The van der Waals surface area contributed by atoms with Gasteiger partial charge in [-0.25, -0.2) is 0 Å². The molecule has 0 saturated carbocycles. The van der Waals surface area contributed by atoms with Crippen molar-refractivity contribution in [2.45, 2.75) is 13.1 Å². The van der Waals surface area contributed by atoms with E-state index < -0.39 is 17.6 Å². The van der Waals surface area contributed by atoms with Gasteiger partial charge in [-0.2, -0.15) is 13.2 Å². The zero-order valence-corrected chi connectivity index (χ0v) is 8.30. The molecule has 5 heteroatoms. The van der Waals surface area contributed by atoms with Crippen LogP contribution >= 0.6 is 0 Å². The molecule has 0 aliphatic rings. The summed E-state index contributed by atoms with van der Waals surface area (Å²) in [5.74, 6) is -0.438. The van der Waals surface area contributed by atoms with Crippen LogP contribution in [0.2, 0.25) is 0 Å². The number of hydrogen-bond donors (Lipinski definition) is 0. The summed E-state index contributed by atoms with van der Waals surface area (Å²) in [6.45, 7) is 1.22. The van der Waals surface area contributed by atoms with Crippen LogP contribution in [0.15, 0.2) is 24.3 Å². The number of rotatable bonds is 1. The maximum atomic E-state index is 12.5. The van der Waals surface area contributed by atoms with Gasteiger partial charge < -0.3 is 4.90 Å². The van der Waals surface area contributed by atoms with Crippen molar-refractivity contribution in [2.75, 3.05) is 11.9 Å². The zero-order valence-electron chi connectivity index (χ0n) is 8.30. The monoisotopic (exact) mass is 217 g/mol. The van der Waals surface area contributed by atoms with Gasteiger partial charge in [0.2, 0.25) is 5.91 Å². The number of halogens is 3. The Hall–Kier alpha value is -1.52. The van der Waals surface area contributed by atoms with Crippen molar-refractivity contribution < 1.29 is 18.0 Å². The minimum atomic E-state index is -4.44. The number of benzene rings is 1. The average molecular weight is 217 g/mol. The summed E-state index contributed by atoms with van der Waals surface area (Å²) in [7, 11) is 1.31. The van der Waals surface area contributed by atoms with Gasteiger partial charge in [0.25, 0.3) is 0 Å². The van der Waals surface area contributed by atoms with Crippen molar-refractivity contribution in [3.63, 3.8) is 0 Å². The van der Waals surface area contributed by atoms with Gasteiger partial charge in [-0.15, -0.1) is 0 Å². The fraction of sp³-hybridized carbons (Fsp3) is 0.300. The molecule has 15 heavy (non-hydrogen) atoms. The van der Waals surface area contributed by atoms with Gasteiger partial charge in [-0.1, -0.05) is 12.1 Å². The van der Waals surface area contributed by atoms with Crippen molar-refractivity contribution in [3.8, 4) is 0 Å². The maximum Gasteiger partial charge on any atom is 0.418 e. The summed E-state index contributed by atoms with van der Waals surface area (Å²) in [5.41, 5.74) is -0.930. The van der Waals surface area contributed by atoms with E-state index in [4.69, 9.17) is 0 Å². The van der Waals surface area contributed by atoms with Gasteiger partial charge in [0.15, 0.2) is 0 Å². The Morgan fingerprint density at radius 2 is 1.80 bits per heavy atom. The summed E-state index contributed by atoms with van der Waals surface area (Å²) in [4.78, 5) is 12.0. The van der Waals surface area contributed by atoms with Gasteiger partial charge in [0, 0.05) is 14.0 Å². The molecule has 1 rings (SSSR count). The number of para-hydroxylation sites is 1. The third kappa shape index (κ3) is 2.49. The smallest absolute Gasteiger partial charge is 0.315 e. The minimum Gasteiger partial charge on any atom is -0.315 e. The Morgan fingerprint density at radius 1 is 1.27 bits per heavy atom. The fourth-order valence-corrected chi connectivity index (χ4v) is 1.18. The van der Waals surface area contributed by atoms with Gasteiger partial charge in [0.05, 0.1) is 11.3 Å². The molecule has 2 nitrogen and oxygen atoms in total. The summed E-state index contributed by atoms with van der Waals surface area (Å²) in [6, 6.07) is 4.98. The van der Waals surface area contributed by atoms with Gasteiger partial charge >= 0.3 is 6.18 Å². The number of hydrogen-bond acceptors (Lipinski definition) is 1. The molecular formula is C10H10F3NO. The first-order valence-corrected chi connectivity index (χ1v) is 4.24. The first-order valence-electron chi connectivity index (χ1n) is 4.24. The van der Waals surface area contributed by atoms with Crippen molar-refractivity contribution in [3.05, 3.63) is 29.8 Å². The van der Waals surface area contributed by atoms with Crippen LogP contribution in [0.3, 0.4) is 0 Å². The Morgan fingerprint density at radius 3 is 2.27 bits per heavy atom. The third-order valence-electron chi connectivity index (χ3n) is 2.04. The van der Waals surface area contributed by atoms with Crippen LogP contribution in [-0.4, -0.2) is 13.0 Å².